The maximum Gasteiger partial charge on any atom is 0.255 e. The fourth-order valence-corrected chi connectivity index (χ4v) is 2.78. The summed E-state index contributed by atoms with van der Waals surface area (Å²) in [6.45, 7) is 0.566. The zero-order chi connectivity index (χ0) is 19.2. The van der Waals surface area contributed by atoms with Crippen LogP contribution in [0.3, 0.4) is 0 Å². The molecule has 0 fully saturated rings. The first-order valence-corrected chi connectivity index (χ1v) is 8.70. The Morgan fingerprint density at radius 3 is 2.67 bits per heavy atom. The highest BCUT2D eigenvalue weighted by Gasteiger charge is 2.12. The number of halogens is 1. The van der Waals surface area contributed by atoms with Crippen LogP contribution in [0.25, 0.3) is 11.3 Å². The van der Waals surface area contributed by atoms with Crippen LogP contribution in [0.1, 0.15) is 10.4 Å². The summed E-state index contributed by atoms with van der Waals surface area (Å²) in [4.78, 5) is 28.9. The summed E-state index contributed by atoms with van der Waals surface area (Å²) in [5, 5.41) is 3.20. The van der Waals surface area contributed by atoms with Gasteiger partial charge in [-0.1, -0.05) is 41.9 Å². The van der Waals surface area contributed by atoms with E-state index in [1.165, 1.54) is 30.1 Å². The van der Waals surface area contributed by atoms with Crippen LogP contribution in [0, 0.1) is 0 Å². The minimum absolute atomic E-state index is 0.182. The van der Waals surface area contributed by atoms with Gasteiger partial charge in [-0.05, 0) is 18.2 Å². The average Bonchev–Trinajstić information content (AvgIpc) is 2.69. The van der Waals surface area contributed by atoms with Gasteiger partial charge in [0.25, 0.3) is 11.5 Å². The molecular weight excluding hydrogens is 366 g/mol. The van der Waals surface area contributed by atoms with Crippen molar-refractivity contribution in [3.05, 3.63) is 81.9 Å². The largest absolute Gasteiger partial charge is 0.496 e. The van der Waals surface area contributed by atoms with Gasteiger partial charge in [0.05, 0.1) is 24.7 Å². The number of carbonyl (C=O) groups excluding carboxylic acids is 1. The number of rotatable bonds is 6. The number of nitrogens with zero attached hydrogens (tertiary/aromatic N) is 2. The van der Waals surface area contributed by atoms with Crippen molar-refractivity contribution >= 4 is 17.5 Å². The van der Waals surface area contributed by atoms with Crippen molar-refractivity contribution in [2.45, 2.75) is 6.54 Å². The number of carbonyl (C=O) groups is 1. The fraction of sp³-hybridized carbons (Fsp3) is 0.150. The molecule has 0 saturated heterocycles. The van der Waals surface area contributed by atoms with Crippen molar-refractivity contribution in [2.75, 3.05) is 13.7 Å². The van der Waals surface area contributed by atoms with Crippen LogP contribution in [0.4, 0.5) is 0 Å². The second-order valence-corrected chi connectivity index (χ2v) is 6.21. The lowest BCUT2D eigenvalue weighted by Crippen LogP contribution is -2.31. The topological polar surface area (TPSA) is 73.2 Å². The number of nitrogens with one attached hydrogen (secondary N) is 1. The normalized spacial score (nSPS) is 10.4. The van der Waals surface area contributed by atoms with Gasteiger partial charge in [-0.25, -0.2) is 4.98 Å². The van der Waals surface area contributed by atoms with E-state index in [0.29, 0.717) is 28.6 Å². The molecule has 0 bridgehead atoms. The summed E-state index contributed by atoms with van der Waals surface area (Å²) >= 11 is 5.94. The molecule has 0 aliphatic rings. The van der Waals surface area contributed by atoms with E-state index in [1.807, 2.05) is 30.3 Å². The zero-order valence-corrected chi connectivity index (χ0v) is 15.4. The van der Waals surface area contributed by atoms with Crippen LogP contribution < -0.4 is 15.6 Å². The third kappa shape index (κ3) is 4.54. The van der Waals surface area contributed by atoms with Gasteiger partial charge in [0.1, 0.15) is 5.75 Å². The van der Waals surface area contributed by atoms with Crippen molar-refractivity contribution in [3.63, 3.8) is 0 Å². The van der Waals surface area contributed by atoms with Gasteiger partial charge in [-0.2, -0.15) is 0 Å². The number of methoxy groups -OCH3 is 1. The van der Waals surface area contributed by atoms with E-state index in [1.54, 1.807) is 12.1 Å². The monoisotopic (exact) mass is 383 g/mol. The maximum absolute atomic E-state index is 12.3. The Labute approximate surface area is 161 Å². The Bertz CT molecular complexity index is 1000. The summed E-state index contributed by atoms with van der Waals surface area (Å²) in [5.41, 5.74) is 1.65. The van der Waals surface area contributed by atoms with E-state index in [9.17, 15) is 9.59 Å². The van der Waals surface area contributed by atoms with Gasteiger partial charge in [-0.15, -0.1) is 0 Å². The Balaban J connectivity index is 1.65. The van der Waals surface area contributed by atoms with Gasteiger partial charge in [0.2, 0.25) is 0 Å². The summed E-state index contributed by atoms with van der Waals surface area (Å²) in [6, 6.07) is 15.8. The van der Waals surface area contributed by atoms with Crippen molar-refractivity contribution in [3.8, 4) is 17.0 Å². The van der Waals surface area contributed by atoms with Gasteiger partial charge >= 0.3 is 0 Å². The quantitative estimate of drug-likeness (QED) is 0.710. The smallest absolute Gasteiger partial charge is 0.255 e. The molecule has 3 rings (SSSR count). The predicted octanol–water partition coefficient (Wildman–Crippen LogP) is 3.00. The molecule has 0 unspecified atom stereocenters. The molecule has 0 aliphatic heterocycles. The SMILES string of the molecule is COc1ccc(Cl)cc1C(=O)NCCn1cnc(-c2ccccc2)cc1=O. The first-order chi connectivity index (χ1) is 13.1. The van der Waals surface area contributed by atoms with E-state index in [4.69, 9.17) is 16.3 Å². The molecule has 0 saturated carbocycles. The molecule has 1 aromatic heterocycles. The minimum Gasteiger partial charge on any atom is -0.496 e. The van der Waals surface area contributed by atoms with Gasteiger partial charge in [0.15, 0.2) is 0 Å². The number of aromatic nitrogens is 2. The summed E-state index contributed by atoms with van der Waals surface area (Å²) in [6.07, 6.45) is 1.48. The number of benzene rings is 2. The first kappa shape index (κ1) is 18.7. The number of hydrogen-bond acceptors (Lipinski definition) is 4. The van der Waals surface area contributed by atoms with Crippen LogP contribution >= 0.6 is 11.6 Å². The first-order valence-electron chi connectivity index (χ1n) is 8.32. The van der Waals surface area contributed by atoms with Crippen molar-refractivity contribution < 1.29 is 9.53 Å². The summed E-state index contributed by atoms with van der Waals surface area (Å²) < 4.78 is 6.62. The van der Waals surface area contributed by atoms with Crippen LogP contribution in [0.15, 0.2) is 65.7 Å². The molecule has 2 aromatic carbocycles. The summed E-state index contributed by atoms with van der Waals surface area (Å²) in [5.74, 6) is 0.110. The zero-order valence-electron chi connectivity index (χ0n) is 14.7. The highest BCUT2D eigenvalue weighted by atomic mass is 35.5. The second kappa shape index (κ2) is 8.51. The van der Waals surface area contributed by atoms with Crippen molar-refractivity contribution in [1.29, 1.82) is 0 Å². The maximum atomic E-state index is 12.3. The Hall–Kier alpha value is -3.12. The molecule has 7 heteroatoms. The molecule has 3 aromatic rings. The lowest BCUT2D eigenvalue weighted by Gasteiger charge is -2.11. The van der Waals surface area contributed by atoms with Gasteiger partial charge in [0, 0.05) is 29.7 Å². The highest BCUT2D eigenvalue weighted by molar-refractivity contribution is 6.31. The lowest BCUT2D eigenvalue weighted by atomic mass is 10.1. The van der Waals surface area contributed by atoms with Crippen LogP contribution in [-0.2, 0) is 6.54 Å². The number of amides is 1. The molecular formula is C20H18ClN3O3. The Kier molecular flexibility index (Phi) is 5.88. The van der Waals surface area contributed by atoms with E-state index in [0.717, 1.165) is 5.56 Å². The van der Waals surface area contributed by atoms with Crippen molar-refractivity contribution in [1.82, 2.24) is 14.9 Å². The Morgan fingerprint density at radius 2 is 1.96 bits per heavy atom. The second-order valence-electron chi connectivity index (χ2n) is 5.77. The predicted molar refractivity (Wildman–Crippen MR) is 104 cm³/mol. The standard InChI is InChI=1S/C20H18ClN3O3/c1-27-18-8-7-15(21)11-16(18)20(26)22-9-10-24-13-23-17(12-19(24)25)14-5-3-2-4-6-14/h2-8,11-13H,9-10H2,1H3,(H,22,26). The van der Waals surface area contributed by atoms with E-state index in [-0.39, 0.29) is 18.0 Å². The van der Waals surface area contributed by atoms with E-state index < -0.39 is 0 Å². The molecule has 138 valence electrons. The van der Waals surface area contributed by atoms with Gasteiger partial charge in [-0.3, -0.25) is 14.2 Å². The molecule has 0 atom stereocenters. The third-order valence-electron chi connectivity index (χ3n) is 3.99. The van der Waals surface area contributed by atoms with Crippen LogP contribution in [-0.4, -0.2) is 29.1 Å². The van der Waals surface area contributed by atoms with E-state index >= 15 is 0 Å². The molecule has 1 amide bonds. The van der Waals surface area contributed by atoms with E-state index in [2.05, 4.69) is 10.3 Å². The third-order valence-corrected chi connectivity index (χ3v) is 4.23. The summed E-state index contributed by atoms with van der Waals surface area (Å²) in [7, 11) is 1.49. The molecule has 0 radical (unpaired) electrons. The van der Waals surface area contributed by atoms with Crippen LogP contribution in [0.2, 0.25) is 5.02 Å². The number of hydrogen-bond donors (Lipinski definition) is 1. The van der Waals surface area contributed by atoms with Gasteiger partial charge < -0.3 is 10.1 Å². The lowest BCUT2D eigenvalue weighted by molar-refractivity contribution is 0.0949. The molecule has 0 spiro atoms. The molecule has 27 heavy (non-hydrogen) atoms. The fourth-order valence-electron chi connectivity index (χ4n) is 2.60. The van der Waals surface area contributed by atoms with Crippen molar-refractivity contribution in [2.24, 2.45) is 0 Å². The molecule has 6 nitrogen and oxygen atoms in total. The highest BCUT2D eigenvalue weighted by Crippen LogP contribution is 2.22. The average molecular weight is 384 g/mol. The minimum atomic E-state index is -0.323. The Morgan fingerprint density at radius 1 is 1.19 bits per heavy atom. The molecule has 1 heterocycles. The van der Waals surface area contributed by atoms with Crippen LogP contribution in [0.5, 0.6) is 5.75 Å². The molecule has 1 N–H and O–H groups in total. The number of ether oxygens (including phenoxy) is 1. The molecule has 0 aliphatic carbocycles.